The summed E-state index contributed by atoms with van der Waals surface area (Å²) in [6.07, 6.45) is 4.88. The molecule has 1 N–H and O–H groups in total. The van der Waals surface area contributed by atoms with E-state index < -0.39 is 6.04 Å². The number of benzene rings is 1. The molecule has 0 saturated heterocycles. The van der Waals surface area contributed by atoms with E-state index in [9.17, 15) is 4.79 Å². The smallest absolute Gasteiger partial charge is 0.264 e. The van der Waals surface area contributed by atoms with Gasteiger partial charge in [-0.3, -0.25) is 9.78 Å². The molecule has 1 atom stereocenters. The van der Waals surface area contributed by atoms with Crippen LogP contribution in [0.3, 0.4) is 0 Å². The third-order valence-electron chi connectivity index (χ3n) is 3.22. The van der Waals surface area contributed by atoms with Crippen LogP contribution in [-0.4, -0.2) is 32.1 Å². The molecule has 22 heavy (non-hydrogen) atoms. The van der Waals surface area contributed by atoms with Crippen LogP contribution in [0.4, 0.5) is 0 Å². The normalized spacial score (nSPS) is 12.6. The summed E-state index contributed by atoms with van der Waals surface area (Å²) in [6, 6.07) is 10.6. The van der Waals surface area contributed by atoms with E-state index in [0.29, 0.717) is 0 Å². The van der Waals surface area contributed by atoms with Gasteiger partial charge in [-0.15, -0.1) is 5.10 Å². The van der Waals surface area contributed by atoms with Crippen molar-refractivity contribution < 1.29 is 4.79 Å². The van der Waals surface area contributed by atoms with Gasteiger partial charge < -0.3 is 0 Å². The Balaban J connectivity index is 1.71. The fourth-order valence-electron chi connectivity index (χ4n) is 2.00. The van der Waals surface area contributed by atoms with E-state index >= 15 is 0 Å². The number of hydrogen-bond donors (Lipinski definition) is 1. The van der Waals surface area contributed by atoms with Gasteiger partial charge in [0.15, 0.2) is 0 Å². The molecule has 0 bridgehead atoms. The lowest BCUT2D eigenvalue weighted by molar-refractivity contribution is -0.124. The Morgan fingerprint density at radius 3 is 2.86 bits per heavy atom. The van der Waals surface area contributed by atoms with Crippen molar-refractivity contribution in [2.24, 2.45) is 5.10 Å². The first-order valence-corrected chi connectivity index (χ1v) is 6.78. The zero-order chi connectivity index (χ0) is 15.4. The number of amides is 1. The van der Waals surface area contributed by atoms with Crippen molar-refractivity contribution in [3.05, 3.63) is 54.4 Å². The molecule has 1 aromatic carbocycles. The van der Waals surface area contributed by atoms with Gasteiger partial charge in [-0.1, -0.05) is 17.3 Å². The van der Waals surface area contributed by atoms with Gasteiger partial charge in [0.1, 0.15) is 11.6 Å². The molecule has 3 aromatic rings. The van der Waals surface area contributed by atoms with Crippen LogP contribution in [-0.2, 0) is 4.79 Å². The minimum atomic E-state index is -0.512. The molecule has 3 rings (SSSR count). The fraction of sp³-hybridized carbons (Fsp3) is 0.133. The largest absolute Gasteiger partial charge is 0.271 e. The number of pyridine rings is 1. The Bertz CT molecular complexity index is 811. The van der Waals surface area contributed by atoms with E-state index in [1.807, 2.05) is 24.3 Å². The monoisotopic (exact) mass is 294 g/mol. The van der Waals surface area contributed by atoms with E-state index in [0.717, 1.165) is 16.6 Å². The summed E-state index contributed by atoms with van der Waals surface area (Å²) in [7, 11) is 0. The Morgan fingerprint density at radius 1 is 1.27 bits per heavy atom. The van der Waals surface area contributed by atoms with Crippen molar-refractivity contribution in [3.63, 3.8) is 0 Å². The molecular weight excluding hydrogens is 280 g/mol. The second kappa shape index (κ2) is 6.13. The minimum Gasteiger partial charge on any atom is -0.271 e. The van der Waals surface area contributed by atoms with E-state index in [2.05, 4.69) is 25.8 Å². The summed E-state index contributed by atoms with van der Waals surface area (Å²) in [6.45, 7) is 1.75. The minimum absolute atomic E-state index is 0.263. The lowest BCUT2D eigenvalue weighted by Crippen LogP contribution is -2.28. The highest BCUT2D eigenvalue weighted by atomic mass is 16.2. The Kier molecular flexibility index (Phi) is 3.86. The van der Waals surface area contributed by atoms with Crippen molar-refractivity contribution in [1.29, 1.82) is 0 Å². The summed E-state index contributed by atoms with van der Waals surface area (Å²) in [5.74, 6) is -0.263. The van der Waals surface area contributed by atoms with Crippen LogP contribution in [0.2, 0.25) is 0 Å². The van der Waals surface area contributed by atoms with Crippen LogP contribution in [0.15, 0.2) is 53.9 Å². The lowest BCUT2D eigenvalue weighted by atomic mass is 10.3. The first kappa shape index (κ1) is 13.9. The maximum Gasteiger partial charge on any atom is 0.264 e. The predicted octanol–water partition coefficient (Wildman–Crippen LogP) is 1.54. The van der Waals surface area contributed by atoms with Gasteiger partial charge in [0, 0.05) is 12.4 Å². The fourth-order valence-corrected chi connectivity index (χ4v) is 2.00. The second-order valence-electron chi connectivity index (χ2n) is 4.71. The van der Waals surface area contributed by atoms with E-state index in [1.165, 1.54) is 0 Å². The molecule has 7 nitrogen and oxygen atoms in total. The molecule has 0 unspecified atom stereocenters. The van der Waals surface area contributed by atoms with Gasteiger partial charge in [-0.25, -0.2) is 10.1 Å². The third-order valence-corrected chi connectivity index (χ3v) is 3.22. The van der Waals surface area contributed by atoms with Gasteiger partial charge >= 0.3 is 0 Å². The van der Waals surface area contributed by atoms with Gasteiger partial charge in [0.2, 0.25) is 0 Å². The lowest BCUT2D eigenvalue weighted by Gasteiger charge is -2.10. The number of nitrogens with one attached hydrogen (secondary N) is 1. The van der Waals surface area contributed by atoms with Crippen LogP contribution in [0.25, 0.3) is 11.0 Å². The molecule has 0 spiro atoms. The molecule has 7 heteroatoms. The first-order valence-electron chi connectivity index (χ1n) is 6.78. The molecule has 0 aliphatic rings. The van der Waals surface area contributed by atoms with Crippen molar-refractivity contribution in [1.82, 2.24) is 25.4 Å². The van der Waals surface area contributed by atoms with Crippen molar-refractivity contribution in [3.8, 4) is 0 Å². The van der Waals surface area contributed by atoms with Gasteiger partial charge in [0.25, 0.3) is 5.91 Å². The number of hydrazone groups is 1. The summed E-state index contributed by atoms with van der Waals surface area (Å²) < 4.78 is 1.58. The van der Waals surface area contributed by atoms with Crippen LogP contribution >= 0.6 is 0 Å². The molecule has 0 radical (unpaired) electrons. The second-order valence-corrected chi connectivity index (χ2v) is 4.71. The highest BCUT2D eigenvalue weighted by molar-refractivity contribution is 5.85. The zero-order valence-corrected chi connectivity index (χ0v) is 11.9. The summed E-state index contributed by atoms with van der Waals surface area (Å²) in [5.41, 5.74) is 4.92. The number of aromatic nitrogens is 4. The highest BCUT2D eigenvalue weighted by Crippen LogP contribution is 2.15. The molecule has 0 aliphatic carbocycles. The SMILES string of the molecule is C[C@@H](C(=O)N/N=C\c1ccncc1)n1nnc2ccccc21. The van der Waals surface area contributed by atoms with Gasteiger partial charge in [0.05, 0.1) is 11.7 Å². The summed E-state index contributed by atoms with van der Waals surface area (Å²) >= 11 is 0. The Hall–Kier alpha value is -3.09. The molecule has 110 valence electrons. The topological polar surface area (TPSA) is 85.1 Å². The van der Waals surface area contributed by atoms with E-state index in [-0.39, 0.29) is 5.91 Å². The molecule has 1 amide bonds. The maximum atomic E-state index is 12.1. The molecule has 0 saturated carbocycles. The number of fused-ring (bicyclic) bond motifs is 1. The maximum absolute atomic E-state index is 12.1. The van der Waals surface area contributed by atoms with Crippen LogP contribution in [0, 0.1) is 0 Å². The van der Waals surface area contributed by atoms with Crippen LogP contribution in [0.1, 0.15) is 18.5 Å². The van der Waals surface area contributed by atoms with Crippen LogP contribution in [0.5, 0.6) is 0 Å². The molecule has 2 aromatic heterocycles. The van der Waals surface area contributed by atoms with Gasteiger partial charge in [-0.05, 0) is 36.8 Å². The van der Waals surface area contributed by atoms with Crippen molar-refractivity contribution in [2.75, 3.05) is 0 Å². The molecule has 0 aliphatic heterocycles. The number of rotatable bonds is 4. The first-order chi connectivity index (χ1) is 10.8. The average Bonchev–Trinajstić information content (AvgIpc) is 2.99. The summed E-state index contributed by atoms with van der Waals surface area (Å²) in [4.78, 5) is 16.1. The van der Waals surface area contributed by atoms with E-state index in [1.54, 1.807) is 42.3 Å². The number of nitrogens with zero attached hydrogens (tertiary/aromatic N) is 5. The Labute approximate surface area is 126 Å². The Morgan fingerprint density at radius 2 is 2.05 bits per heavy atom. The van der Waals surface area contributed by atoms with Gasteiger partial charge in [-0.2, -0.15) is 5.10 Å². The predicted molar refractivity (Wildman–Crippen MR) is 82.2 cm³/mol. The van der Waals surface area contributed by atoms with Crippen LogP contribution < -0.4 is 5.43 Å². The zero-order valence-electron chi connectivity index (χ0n) is 11.9. The number of carbonyl (C=O) groups is 1. The average molecular weight is 294 g/mol. The van der Waals surface area contributed by atoms with Crippen molar-refractivity contribution >= 4 is 23.2 Å². The van der Waals surface area contributed by atoms with E-state index in [4.69, 9.17) is 0 Å². The highest BCUT2D eigenvalue weighted by Gasteiger charge is 2.17. The third kappa shape index (κ3) is 2.83. The molecule has 0 fully saturated rings. The van der Waals surface area contributed by atoms with Crippen molar-refractivity contribution in [2.45, 2.75) is 13.0 Å². The number of para-hydroxylation sites is 1. The number of hydrogen-bond acceptors (Lipinski definition) is 5. The molecule has 2 heterocycles. The summed E-state index contributed by atoms with van der Waals surface area (Å²) in [5, 5.41) is 12.0. The quantitative estimate of drug-likeness (QED) is 0.584. The standard InChI is InChI=1S/C15H14N6O/c1-11(21-14-5-3-2-4-13(14)18-20-21)15(22)19-17-10-12-6-8-16-9-7-12/h2-11H,1H3,(H,19,22)/b17-10-/t11-/m0/s1. The number of carbonyl (C=O) groups excluding carboxylic acids is 1. The molecular formula is C15H14N6O.